The van der Waals surface area contributed by atoms with E-state index < -0.39 is 5.43 Å². The van der Waals surface area contributed by atoms with E-state index in [9.17, 15) is 4.79 Å². The van der Waals surface area contributed by atoms with Crippen LogP contribution < -0.4 is 5.32 Å². The van der Waals surface area contributed by atoms with Crippen LogP contribution in [0.5, 0.6) is 0 Å². The Balaban J connectivity index is 0.000000204. The molecule has 1 aliphatic rings. The van der Waals surface area contributed by atoms with Gasteiger partial charge in [0.05, 0.1) is 0 Å². The zero-order valence-electron chi connectivity index (χ0n) is 11.5. The summed E-state index contributed by atoms with van der Waals surface area (Å²) in [6.07, 6.45) is 4.12. The highest BCUT2D eigenvalue weighted by molar-refractivity contribution is 9.09. The molecule has 1 aliphatic heterocycles. The normalized spacial score (nSPS) is 15.1. The van der Waals surface area contributed by atoms with E-state index in [0.717, 1.165) is 11.5 Å². The van der Waals surface area contributed by atoms with E-state index >= 15 is 0 Å². The predicted octanol–water partition coefficient (Wildman–Crippen LogP) is 4.33. The van der Waals surface area contributed by atoms with Crippen LogP contribution in [0.4, 0.5) is 4.79 Å². The first-order chi connectivity index (χ1) is 9.72. The van der Waals surface area contributed by atoms with Crippen LogP contribution in [0, 0.1) is 5.92 Å². The van der Waals surface area contributed by atoms with Crippen LogP contribution in [0.15, 0.2) is 30.3 Å². The van der Waals surface area contributed by atoms with Gasteiger partial charge < -0.3 is 10.1 Å². The summed E-state index contributed by atoms with van der Waals surface area (Å²) in [6, 6.07) is 9.36. The Hall–Kier alpha value is -0.580. The summed E-state index contributed by atoms with van der Waals surface area (Å²) in [6.45, 7) is 2.71. The molecule has 1 heterocycles. The SMILES string of the molecule is BrCCC1CCNCC1.O=C(Cl)OCc1ccccc1. The minimum atomic E-state index is -0.770. The Morgan fingerprint density at radius 1 is 1.30 bits per heavy atom. The van der Waals surface area contributed by atoms with Crippen molar-refractivity contribution in [2.75, 3.05) is 18.4 Å². The van der Waals surface area contributed by atoms with Gasteiger partial charge in [0.2, 0.25) is 0 Å². The molecule has 0 radical (unpaired) electrons. The first kappa shape index (κ1) is 17.5. The molecule has 0 spiro atoms. The predicted molar refractivity (Wildman–Crippen MR) is 86.5 cm³/mol. The van der Waals surface area contributed by atoms with Crippen LogP contribution in [0.3, 0.4) is 0 Å². The van der Waals surface area contributed by atoms with Crippen molar-refractivity contribution in [3.8, 4) is 0 Å². The lowest BCUT2D eigenvalue weighted by molar-refractivity contribution is 0.167. The van der Waals surface area contributed by atoms with Crippen LogP contribution in [-0.4, -0.2) is 23.8 Å². The van der Waals surface area contributed by atoms with E-state index in [1.54, 1.807) is 0 Å². The lowest BCUT2D eigenvalue weighted by atomic mass is 9.96. The maximum Gasteiger partial charge on any atom is 0.404 e. The summed E-state index contributed by atoms with van der Waals surface area (Å²) in [5, 5.41) is 4.54. The first-order valence-corrected chi connectivity index (χ1v) is 8.35. The molecule has 112 valence electrons. The minimum absolute atomic E-state index is 0.239. The molecule has 1 fully saturated rings. The van der Waals surface area contributed by atoms with Gasteiger partial charge in [0.1, 0.15) is 6.61 Å². The second kappa shape index (κ2) is 11.1. The van der Waals surface area contributed by atoms with Crippen molar-refractivity contribution in [1.29, 1.82) is 0 Å². The van der Waals surface area contributed by atoms with E-state index in [-0.39, 0.29) is 6.61 Å². The third kappa shape index (κ3) is 8.56. The quantitative estimate of drug-likeness (QED) is 0.640. The number of hydrogen-bond donors (Lipinski definition) is 1. The molecule has 1 aromatic rings. The zero-order chi connectivity index (χ0) is 14.6. The first-order valence-electron chi connectivity index (χ1n) is 6.85. The summed E-state index contributed by atoms with van der Waals surface area (Å²) >= 11 is 8.43. The standard InChI is InChI=1S/C8H7ClO2.C7H14BrN/c9-8(10)11-6-7-4-2-1-3-5-7;8-4-1-7-2-5-9-6-3-7/h1-5H,6H2;7,9H,1-6H2. The summed E-state index contributed by atoms with van der Waals surface area (Å²) in [7, 11) is 0. The topological polar surface area (TPSA) is 38.3 Å². The van der Waals surface area contributed by atoms with Crippen LogP contribution in [0.25, 0.3) is 0 Å². The van der Waals surface area contributed by atoms with Gasteiger partial charge >= 0.3 is 5.43 Å². The maximum atomic E-state index is 10.2. The van der Waals surface area contributed by atoms with E-state index in [4.69, 9.17) is 11.6 Å². The summed E-state index contributed by atoms with van der Waals surface area (Å²) in [4.78, 5) is 10.2. The number of rotatable bonds is 4. The average Bonchev–Trinajstić information content (AvgIpc) is 2.48. The van der Waals surface area contributed by atoms with Crippen molar-refractivity contribution in [1.82, 2.24) is 5.32 Å². The fraction of sp³-hybridized carbons (Fsp3) is 0.533. The van der Waals surface area contributed by atoms with Gasteiger partial charge in [0, 0.05) is 16.9 Å². The Morgan fingerprint density at radius 3 is 2.50 bits per heavy atom. The minimum Gasteiger partial charge on any atom is -0.449 e. The molecule has 3 nitrogen and oxygen atoms in total. The second-order valence-electron chi connectivity index (χ2n) is 4.68. The van der Waals surface area contributed by atoms with Gasteiger partial charge in [-0.05, 0) is 43.8 Å². The fourth-order valence-corrected chi connectivity index (χ4v) is 2.74. The van der Waals surface area contributed by atoms with Gasteiger partial charge in [0.25, 0.3) is 0 Å². The van der Waals surface area contributed by atoms with Crippen LogP contribution in [-0.2, 0) is 11.3 Å². The third-order valence-electron chi connectivity index (χ3n) is 3.17. The number of nitrogens with one attached hydrogen (secondary N) is 1. The summed E-state index contributed by atoms with van der Waals surface area (Å²) < 4.78 is 4.55. The van der Waals surface area contributed by atoms with Gasteiger partial charge in [-0.1, -0.05) is 46.3 Å². The second-order valence-corrected chi connectivity index (χ2v) is 5.78. The van der Waals surface area contributed by atoms with Crippen LogP contribution >= 0.6 is 27.5 Å². The molecule has 1 aromatic carbocycles. The van der Waals surface area contributed by atoms with Gasteiger partial charge in [-0.2, -0.15) is 0 Å². The van der Waals surface area contributed by atoms with Crippen molar-refractivity contribution < 1.29 is 9.53 Å². The van der Waals surface area contributed by atoms with Gasteiger partial charge in [-0.25, -0.2) is 4.79 Å². The number of alkyl halides is 1. The molecule has 1 saturated heterocycles. The van der Waals surface area contributed by atoms with Gasteiger partial charge in [-0.3, -0.25) is 0 Å². The van der Waals surface area contributed by atoms with Crippen molar-refractivity contribution in [3.05, 3.63) is 35.9 Å². The lowest BCUT2D eigenvalue weighted by Gasteiger charge is -2.21. The van der Waals surface area contributed by atoms with Crippen molar-refractivity contribution in [2.45, 2.75) is 25.9 Å². The molecule has 0 atom stereocenters. The molecule has 0 unspecified atom stereocenters. The van der Waals surface area contributed by atoms with Crippen molar-refractivity contribution >= 4 is 33.0 Å². The molecule has 0 bridgehead atoms. The Labute approximate surface area is 134 Å². The number of piperidine rings is 1. The molecule has 0 aromatic heterocycles. The molecule has 0 amide bonds. The average molecular weight is 363 g/mol. The van der Waals surface area contributed by atoms with Crippen molar-refractivity contribution in [2.24, 2.45) is 5.92 Å². The fourth-order valence-electron chi connectivity index (χ4n) is 2.04. The van der Waals surface area contributed by atoms with Gasteiger partial charge in [-0.15, -0.1) is 0 Å². The number of benzene rings is 1. The summed E-state index contributed by atoms with van der Waals surface area (Å²) in [5.41, 5.74) is 0.162. The van der Waals surface area contributed by atoms with E-state index in [1.807, 2.05) is 30.3 Å². The van der Waals surface area contributed by atoms with E-state index in [2.05, 4.69) is 26.0 Å². The summed E-state index contributed by atoms with van der Waals surface area (Å²) in [5.74, 6) is 0.991. The van der Waals surface area contributed by atoms with Gasteiger partial charge in [0.15, 0.2) is 0 Å². The van der Waals surface area contributed by atoms with E-state index in [0.29, 0.717) is 0 Å². The number of hydrogen-bond acceptors (Lipinski definition) is 3. The number of carbonyl (C=O) groups excluding carboxylic acids is 1. The molecule has 2 rings (SSSR count). The highest BCUT2D eigenvalue weighted by Crippen LogP contribution is 2.16. The van der Waals surface area contributed by atoms with E-state index in [1.165, 1.54) is 37.7 Å². The molecule has 0 aliphatic carbocycles. The molecule has 20 heavy (non-hydrogen) atoms. The highest BCUT2D eigenvalue weighted by Gasteiger charge is 2.10. The number of carbonyl (C=O) groups is 1. The molecule has 5 heteroatoms. The molecule has 1 N–H and O–H groups in total. The number of halogens is 2. The van der Waals surface area contributed by atoms with Crippen molar-refractivity contribution in [3.63, 3.8) is 0 Å². The largest absolute Gasteiger partial charge is 0.449 e. The zero-order valence-corrected chi connectivity index (χ0v) is 13.8. The molecular formula is C15H21BrClNO2. The Kier molecular flexibility index (Phi) is 9.71. The van der Waals surface area contributed by atoms with Crippen LogP contribution in [0.1, 0.15) is 24.8 Å². The Morgan fingerprint density at radius 2 is 1.95 bits per heavy atom. The highest BCUT2D eigenvalue weighted by atomic mass is 79.9. The molecular weight excluding hydrogens is 342 g/mol. The third-order valence-corrected chi connectivity index (χ3v) is 3.74. The van der Waals surface area contributed by atoms with Crippen LogP contribution in [0.2, 0.25) is 0 Å². The smallest absolute Gasteiger partial charge is 0.404 e. The number of ether oxygens (including phenoxy) is 1. The maximum absolute atomic E-state index is 10.2. The lowest BCUT2D eigenvalue weighted by Crippen LogP contribution is -2.27. The monoisotopic (exact) mass is 361 g/mol. The Bertz CT molecular complexity index is 367. The molecule has 0 saturated carbocycles.